The van der Waals surface area contributed by atoms with E-state index in [0.717, 1.165) is 0 Å². The average Bonchev–Trinajstić information content (AvgIpc) is 2.65. The molecule has 1 amide bonds. The lowest BCUT2D eigenvalue weighted by Gasteiger charge is -2.22. The fourth-order valence-electron chi connectivity index (χ4n) is 2.19. The highest BCUT2D eigenvalue weighted by molar-refractivity contribution is 5.78. The van der Waals surface area contributed by atoms with Gasteiger partial charge in [-0.05, 0) is 32.4 Å². The maximum atomic E-state index is 12.5. The Labute approximate surface area is 155 Å². The number of benzene rings is 1. The number of esters is 1. The number of amides is 1. The van der Waals surface area contributed by atoms with Gasteiger partial charge in [-0.25, -0.2) is 0 Å². The molecule has 0 spiro atoms. The van der Waals surface area contributed by atoms with Crippen molar-refractivity contribution in [3.8, 4) is 11.5 Å². The van der Waals surface area contributed by atoms with Crippen LogP contribution >= 0.6 is 0 Å². The molecule has 0 fully saturated rings. The summed E-state index contributed by atoms with van der Waals surface area (Å²) in [4.78, 5) is 25.5. The third-order valence-electron chi connectivity index (χ3n) is 3.59. The summed E-state index contributed by atoms with van der Waals surface area (Å²) < 4.78 is 20.8. The smallest absolute Gasteiger partial charge is 0.307 e. The van der Waals surface area contributed by atoms with E-state index in [1.165, 1.54) is 7.11 Å². The Hall–Kier alpha value is -2.28. The SMILES string of the molecule is COC(=O)CCN(CCCOC(C)C)C(=O)COc1cccc(OC)c1. The number of hydrogen-bond acceptors (Lipinski definition) is 6. The van der Waals surface area contributed by atoms with E-state index in [2.05, 4.69) is 4.74 Å². The van der Waals surface area contributed by atoms with Crippen molar-refractivity contribution in [3.63, 3.8) is 0 Å². The molecule has 0 heterocycles. The van der Waals surface area contributed by atoms with Crippen molar-refractivity contribution in [2.75, 3.05) is 40.5 Å². The first-order valence-corrected chi connectivity index (χ1v) is 8.69. The number of hydrogen-bond donors (Lipinski definition) is 0. The van der Waals surface area contributed by atoms with Crippen molar-refractivity contribution >= 4 is 11.9 Å². The number of carbonyl (C=O) groups excluding carboxylic acids is 2. The second-order valence-electron chi connectivity index (χ2n) is 5.95. The molecule has 0 saturated heterocycles. The Balaban J connectivity index is 2.55. The van der Waals surface area contributed by atoms with Crippen LogP contribution in [0.5, 0.6) is 11.5 Å². The highest BCUT2D eigenvalue weighted by Gasteiger charge is 2.16. The zero-order valence-electron chi connectivity index (χ0n) is 16.0. The van der Waals surface area contributed by atoms with Crippen LogP contribution in [0.3, 0.4) is 0 Å². The fourth-order valence-corrected chi connectivity index (χ4v) is 2.19. The monoisotopic (exact) mass is 367 g/mol. The summed E-state index contributed by atoms with van der Waals surface area (Å²) in [6, 6.07) is 7.05. The zero-order valence-corrected chi connectivity index (χ0v) is 16.0. The Morgan fingerprint density at radius 2 is 1.85 bits per heavy atom. The predicted octanol–water partition coefficient (Wildman–Crippen LogP) is 2.28. The Morgan fingerprint density at radius 3 is 2.50 bits per heavy atom. The van der Waals surface area contributed by atoms with E-state index in [9.17, 15) is 9.59 Å². The van der Waals surface area contributed by atoms with Gasteiger partial charge in [0, 0.05) is 25.8 Å². The van der Waals surface area contributed by atoms with E-state index >= 15 is 0 Å². The standard InChI is InChI=1S/C19H29NO6/c1-15(2)25-12-6-10-20(11-9-19(22)24-4)18(21)14-26-17-8-5-7-16(13-17)23-3/h5,7-8,13,15H,6,9-12,14H2,1-4H3. The summed E-state index contributed by atoms with van der Waals surface area (Å²) in [5.41, 5.74) is 0. The topological polar surface area (TPSA) is 74.3 Å². The Bertz CT molecular complexity index is 561. The van der Waals surface area contributed by atoms with Gasteiger partial charge in [-0.15, -0.1) is 0 Å². The van der Waals surface area contributed by atoms with E-state index in [1.54, 1.807) is 36.3 Å². The Kier molecular flexibility index (Phi) is 10.2. The second-order valence-corrected chi connectivity index (χ2v) is 5.95. The number of carbonyl (C=O) groups is 2. The van der Waals surface area contributed by atoms with Crippen LogP contribution in [0.2, 0.25) is 0 Å². The van der Waals surface area contributed by atoms with Crippen LogP contribution in [0.25, 0.3) is 0 Å². The molecule has 7 nitrogen and oxygen atoms in total. The van der Waals surface area contributed by atoms with Crippen molar-refractivity contribution in [2.45, 2.75) is 32.8 Å². The number of methoxy groups -OCH3 is 2. The van der Waals surface area contributed by atoms with Gasteiger partial charge < -0.3 is 23.8 Å². The minimum Gasteiger partial charge on any atom is -0.497 e. The quantitative estimate of drug-likeness (QED) is 0.417. The molecule has 0 N–H and O–H groups in total. The maximum Gasteiger partial charge on any atom is 0.307 e. The lowest BCUT2D eigenvalue weighted by Crippen LogP contribution is -2.37. The fraction of sp³-hybridized carbons (Fsp3) is 0.579. The van der Waals surface area contributed by atoms with E-state index in [1.807, 2.05) is 13.8 Å². The molecule has 0 saturated carbocycles. The van der Waals surface area contributed by atoms with Crippen LogP contribution in [-0.4, -0.2) is 63.4 Å². The average molecular weight is 367 g/mol. The molecule has 0 aliphatic rings. The molecular formula is C19H29NO6. The molecule has 0 aromatic heterocycles. The van der Waals surface area contributed by atoms with E-state index in [0.29, 0.717) is 31.1 Å². The maximum absolute atomic E-state index is 12.5. The Morgan fingerprint density at radius 1 is 1.12 bits per heavy atom. The summed E-state index contributed by atoms with van der Waals surface area (Å²) in [7, 11) is 2.90. The molecule has 0 aliphatic heterocycles. The summed E-state index contributed by atoms with van der Waals surface area (Å²) >= 11 is 0. The normalized spacial score (nSPS) is 10.5. The molecular weight excluding hydrogens is 338 g/mol. The molecule has 1 aromatic rings. The molecule has 0 bridgehead atoms. The molecule has 1 aromatic carbocycles. The third-order valence-corrected chi connectivity index (χ3v) is 3.59. The summed E-state index contributed by atoms with van der Waals surface area (Å²) in [6.45, 7) is 5.14. The lowest BCUT2D eigenvalue weighted by molar-refractivity contribution is -0.142. The van der Waals surface area contributed by atoms with Gasteiger partial charge in [-0.1, -0.05) is 6.07 Å². The van der Waals surface area contributed by atoms with Gasteiger partial charge in [0.1, 0.15) is 11.5 Å². The summed E-state index contributed by atoms with van der Waals surface area (Å²) in [5.74, 6) is 0.660. The van der Waals surface area contributed by atoms with Crippen LogP contribution in [-0.2, 0) is 19.1 Å². The first kappa shape index (κ1) is 21.8. The third kappa shape index (κ3) is 8.71. The molecule has 26 heavy (non-hydrogen) atoms. The van der Waals surface area contributed by atoms with E-state index in [4.69, 9.17) is 14.2 Å². The first-order chi connectivity index (χ1) is 12.5. The largest absolute Gasteiger partial charge is 0.497 e. The van der Waals surface area contributed by atoms with Crippen molar-refractivity contribution in [1.82, 2.24) is 4.90 Å². The van der Waals surface area contributed by atoms with Gasteiger partial charge in [-0.3, -0.25) is 9.59 Å². The summed E-state index contributed by atoms with van der Waals surface area (Å²) in [6.07, 6.45) is 0.974. The molecule has 1 rings (SSSR count). The van der Waals surface area contributed by atoms with E-state index in [-0.39, 0.29) is 37.6 Å². The van der Waals surface area contributed by atoms with Crippen LogP contribution in [0, 0.1) is 0 Å². The van der Waals surface area contributed by atoms with Crippen molar-refractivity contribution in [1.29, 1.82) is 0 Å². The molecule has 0 radical (unpaired) electrons. The highest BCUT2D eigenvalue weighted by atomic mass is 16.5. The van der Waals surface area contributed by atoms with Crippen LogP contribution < -0.4 is 9.47 Å². The number of nitrogens with zero attached hydrogens (tertiary/aromatic N) is 1. The predicted molar refractivity (Wildman–Crippen MR) is 97.4 cm³/mol. The van der Waals surface area contributed by atoms with Gasteiger partial charge in [-0.2, -0.15) is 0 Å². The molecule has 146 valence electrons. The molecule has 0 aliphatic carbocycles. The van der Waals surface area contributed by atoms with Crippen molar-refractivity contribution in [2.24, 2.45) is 0 Å². The van der Waals surface area contributed by atoms with Crippen LogP contribution in [0.1, 0.15) is 26.7 Å². The molecule has 7 heteroatoms. The number of rotatable bonds is 12. The lowest BCUT2D eigenvalue weighted by atomic mass is 10.3. The van der Waals surface area contributed by atoms with Gasteiger partial charge in [0.05, 0.1) is 26.7 Å². The van der Waals surface area contributed by atoms with Gasteiger partial charge in [0.2, 0.25) is 0 Å². The van der Waals surface area contributed by atoms with Gasteiger partial charge >= 0.3 is 5.97 Å². The van der Waals surface area contributed by atoms with Crippen LogP contribution in [0.15, 0.2) is 24.3 Å². The highest BCUT2D eigenvalue weighted by Crippen LogP contribution is 2.18. The van der Waals surface area contributed by atoms with E-state index < -0.39 is 0 Å². The van der Waals surface area contributed by atoms with Crippen LogP contribution in [0.4, 0.5) is 0 Å². The first-order valence-electron chi connectivity index (χ1n) is 8.69. The molecule has 0 unspecified atom stereocenters. The zero-order chi connectivity index (χ0) is 19.4. The minimum absolute atomic E-state index is 0.112. The summed E-state index contributed by atoms with van der Waals surface area (Å²) in [5, 5.41) is 0. The molecule has 0 atom stereocenters. The van der Waals surface area contributed by atoms with Crippen molar-refractivity contribution < 1.29 is 28.5 Å². The number of ether oxygens (including phenoxy) is 4. The van der Waals surface area contributed by atoms with Gasteiger partial charge in [0.25, 0.3) is 5.91 Å². The minimum atomic E-state index is -0.352. The van der Waals surface area contributed by atoms with Crippen molar-refractivity contribution in [3.05, 3.63) is 24.3 Å². The van der Waals surface area contributed by atoms with Gasteiger partial charge in [0.15, 0.2) is 6.61 Å². The second kappa shape index (κ2) is 12.1.